The molecular weight excluding hydrogens is 293 g/mol. The predicted octanol–water partition coefficient (Wildman–Crippen LogP) is 1.86. The van der Waals surface area contributed by atoms with E-state index in [1.165, 1.54) is 0 Å². The molecule has 1 aromatic carbocycles. The Bertz CT molecular complexity index is 373. The van der Waals surface area contributed by atoms with Gasteiger partial charge in [-0.05, 0) is 23.8 Å². The lowest BCUT2D eigenvalue weighted by molar-refractivity contribution is 0.249. The normalized spacial score (nSPS) is 10.1. The number of rotatable bonds is 5. The Labute approximate surface area is 108 Å². The number of carbonyl (C=O) groups excluding carboxylic acids is 1. The Morgan fingerprint density at radius 1 is 1.44 bits per heavy atom. The number of amides is 2. The van der Waals surface area contributed by atoms with Crippen LogP contribution in [-0.2, 0) is 6.54 Å². The highest BCUT2D eigenvalue weighted by molar-refractivity contribution is 9.10. The minimum absolute atomic E-state index is 0.507. The molecule has 6 heteroatoms. The van der Waals surface area contributed by atoms with E-state index in [4.69, 9.17) is 17.3 Å². The fourth-order valence-corrected chi connectivity index (χ4v) is 1.76. The number of benzene rings is 1. The topological polar surface area (TPSA) is 67.2 Å². The van der Waals surface area contributed by atoms with Gasteiger partial charge >= 0.3 is 6.03 Å². The van der Waals surface area contributed by atoms with Gasteiger partial charge in [0.05, 0.1) is 0 Å². The fraction of sp³-hybridized carbons (Fsp3) is 0.300. The molecule has 2 amide bonds. The van der Waals surface area contributed by atoms with E-state index >= 15 is 0 Å². The summed E-state index contributed by atoms with van der Waals surface area (Å²) >= 11 is 9.31. The second-order valence-corrected chi connectivity index (χ2v) is 4.49. The Kier molecular flexibility index (Phi) is 5.59. The quantitative estimate of drug-likeness (QED) is 0.727. The van der Waals surface area contributed by atoms with E-state index in [1.54, 1.807) is 0 Å². The third-order valence-corrected chi connectivity index (χ3v) is 2.93. The number of carbonyl (C=O) groups is 1. The Morgan fingerprint density at radius 3 is 2.88 bits per heavy atom. The van der Waals surface area contributed by atoms with Gasteiger partial charge in [0.25, 0.3) is 0 Å². The Balaban J connectivity index is 2.31. The number of nitrogens with one attached hydrogen (secondary N) is 2. The molecule has 1 rings (SSSR count). The van der Waals surface area contributed by atoms with Crippen LogP contribution in [0.1, 0.15) is 5.56 Å². The van der Waals surface area contributed by atoms with E-state index < -0.39 is 6.03 Å². The molecule has 88 valence electrons. The molecule has 0 atom stereocenters. The summed E-state index contributed by atoms with van der Waals surface area (Å²) in [6, 6.07) is 5.11. The van der Waals surface area contributed by atoms with Crippen molar-refractivity contribution in [2.24, 2.45) is 5.73 Å². The summed E-state index contributed by atoms with van der Waals surface area (Å²) < 4.78 is 1.01. The van der Waals surface area contributed by atoms with Gasteiger partial charge in [-0.3, -0.25) is 0 Å². The number of urea groups is 1. The summed E-state index contributed by atoms with van der Waals surface area (Å²) in [6.07, 6.45) is 0. The number of hydrogen-bond donors (Lipinski definition) is 3. The molecule has 1 aromatic rings. The van der Waals surface area contributed by atoms with E-state index in [1.807, 2.05) is 18.2 Å². The van der Waals surface area contributed by atoms with E-state index in [2.05, 4.69) is 26.6 Å². The zero-order valence-electron chi connectivity index (χ0n) is 8.59. The molecule has 0 saturated heterocycles. The highest BCUT2D eigenvalue weighted by Gasteiger charge is 2.00. The highest BCUT2D eigenvalue weighted by Crippen LogP contribution is 2.20. The molecule has 0 aliphatic carbocycles. The second kappa shape index (κ2) is 6.73. The van der Waals surface area contributed by atoms with Crippen molar-refractivity contribution >= 4 is 33.6 Å². The van der Waals surface area contributed by atoms with E-state index in [0.29, 0.717) is 24.7 Å². The van der Waals surface area contributed by atoms with Gasteiger partial charge in [0.15, 0.2) is 0 Å². The van der Waals surface area contributed by atoms with Gasteiger partial charge in [-0.1, -0.05) is 27.5 Å². The molecule has 16 heavy (non-hydrogen) atoms. The molecule has 0 aromatic heterocycles. The minimum Gasteiger partial charge on any atom is -0.352 e. The average Bonchev–Trinajstić information content (AvgIpc) is 2.22. The van der Waals surface area contributed by atoms with Crippen molar-refractivity contribution in [3.63, 3.8) is 0 Å². The summed E-state index contributed by atoms with van der Waals surface area (Å²) in [5, 5.41) is 6.37. The molecule has 0 radical (unpaired) electrons. The summed E-state index contributed by atoms with van der Waals surface area (Å²) in [7, 11) is 0. The summed E-state index contributed by atoms with van der Waals surface area (Å²) in [5.74, 6) is 0. The van der Waals surface area contributed by atoms with E-state index in [0.717, 1.165) is 10.0 Å². The standard InChI is InChI=1S/C10H13BrClN3O/c11-9-2-1-8(12)5-7(9)6-14-3-4-15-10(13)16/h1-2,5,14H,3-4,6H2,(H3,13,15,16). The van der Waals surface area contributed by atoms with Crippen molar-refractivity contribution in [2.45, 2.75) is 6.54 Å². The zero-order valence-corrected chi connectivity index (χ0v) is 10.9. The maximum atomic E-state index is 10.4. The number of halogens is 2. The van der Waals surface area contributed by atoms with Crippen molar-refractivity contribution in [3.05, 3.63) is 33.3 Å². The van der Waals surface area contributed by atoms with Gasteiger partial charge in [0.1, 0.15) is 0 Å². The third-order valence-electron chi connectivity index (χ3n) is 1.92. The molecule has 4 N–H and O–H groups in total. The first kappa shape index (κ1) is 13.3. The van der Waals surface area contributed by atoms with Crippen LogP contribution in [0.2, 0.25) is 5.02 Å². The molecule has 0 fully saturated rings. The first-order chi connectivity index (χ1) is 7.59. The van der Waals surface area contributed by atoms with Crippen LogP contribution >= 0.6 is 27.5 Å². The lowest BCUT2D eigenvalue weighted by atomic mass is 10.2. The largest absolute Gasteiger partial charge is 0.352 e. The van der Waals surface area contributed by atoms with Crippen LogP contribution in [0, 0.1) is 0 Å². The van der Waals surface area contributed by atoms with Crippen molar-refractivity contribution in [1.82, 2.24) is 10.6 Å². The Hall–Kier alpha value is -0.780. The predicted molar refractivity (Wildman–Crippen MR) is 68.4 cm³/mol. The smallest absolute Gasteiger partial charge is 0.312 e. The highest BCUT2D eigenvalue weighted by atomic mass is 79.9. The molecule has 4 nitrogen and oxygen atoms in total. The monoisotopic (exact) mass is 305 g/mol. The van der Waals surface area contributed by atoms with Gasteiger partial charge in [-0.15, -0.1) is 0 Å². The lowest BCUT2D eigenvalue weighted by Gasteiger charge is -2.07. The summed E-state index contributed by atoms with van der Waals surface area (Å²) in [4.78, 5) is 10.4. The SMILES string of the molecule is NC(=O)NCCNCc1cc(Cl)ccc1Br. The zero-order chi connectivity index (χ0) is 12.0. The average molecular weight is 307 g/mol. The molecular formula is C10H13BrClN3O. The molecule has 0 spiro atoms. The molecule has 0 heterocycles. The first-order valence-corrected chi connectivity index (χ1v) is 5.94. The van der Waals surface area contributed by atoms with Gasteiger partial charge in [-0.2, -0.15) is 0 Å². The van der Waals surface area contributed by atoms with Crippen LogP contribution in [-0.4, -0.2) is 19.1 Å². The van der Waals surface area contributed by atoms with Gasteiger partial charge in [0.2, 0.25) is 0 Å². The van der Waals surface area contributed by atoms with Crippen LogP contribution < -0.4 is 16.4 Å². The molecule has 0 aliphatic rings. The van der Waals surface area contributed by atoms with Crippen LogP contribution in [0.3, 0.4) is 0 Å². The van der Waals surface area contributed by atoms with Crippen molar-refractivity contribution < 1.29 is 4.79 Å². The first-order valence-electron chi connectivity index (χ1n) is 4.77. The van der Waals surface area contributed by atoms with Gasteiger partial charge in [-0.25, -0.2) is 4.79 Å². The van der Waals surface area contributed by atoms with Crippen LogP contribution in [0.4, 0.5) is 4.79 Å². The fourth-order valence-electron chi connectivity index (χ4n) is 1.18. The van der Waals surface area contributed by atoms with Crippen LogP contribution in [0.5, 0.6) is 0 Å². The lowest BCUT2D eigenvalue weighted by Crippen LogP contribution is -2.35. The van der Waals surface area contributed by atoms with Crippen molar-refractivity contribution in [3.8, 4) is 0 Å². The minimum atomic E-state index is -0.509. The molecule has 0 aliphatic heterocycles. The summed E-state index contributed by atoms with van der Waals surface area (Å²) in [6.45, 7) is 1.84. The third kappa shape index (κ3) is 4.83. The number of nitrogens with two attached hydrogens (primary N) is 1. The second-order valence-electron chi connectivity index (χ2n) is 3.20. The maximum absolute atomic E-state index is 10.4. The van der Waals surface area contributed by atoms with E-state index in [9.17, 15) is 4.79 Å². The number of hydrogen-bond acceptors (Lipinski definition) is 2. The summed E-state index contributed by atoms with van der Waals surface area (Å²) in [5.41, 5.74) is 6.00. The number of primary amides is 1. The van der Waals surface area contributed by atoms with Crippen molar-refractivity contribution in [1.29, 1.82) is 0 Å². The van der Waals surface area contributed by atoms with Crippen molar-refractivity contribution in [2.75, 3.05) is 13.1 Å². The molecule has 0 saturated carbocycles. The van der Waals surface area contributed by atoms with E-state index in [-0.39, 0.29) is 0 Å². The van der Waals surface area contributed by atoms with Gasteiger partial charge in [0, 0.05) is 29.1 Å². The Morgan fingerprint density at radius 2 is 2.19 bits per heavy atom. The van der Waals surface area contributed by atoms with Crippen LogP contribution in [0.15, 0.2) is 22.7 Å². The van der Waals surface area contributed by atoms with Gasteiger partial charge < -0.3 is 16.4 Å². The maximum Gasteiger partial charge on any atom is 0.312 e. The molecule has 0 unspecified atom stereocenters. The molecule has 0 bridgehead atoms. The van der Waals surface area contributed by atoms with Crippen LogP contribution in [0.25, 0.3) is 0 Å².